The summed E-state index contributed by atoms with van der Waals surface area (Å²) in [6.45, 7) is 12.2. The van der Waals surface area contributed by atoms with Gasteiger partial charge in [0, 0.05) is 43.5 Å². The number of nitrogens with one attached hydrogen (secondary N) is 1. The predicted octanol–water partition coefficient (Wildman–Crippen LogP) is 4.57. The number of aromatic nitrogens is 3. The Bertz CT molecular complexity index is 1470. The number of hydrogen-bond acceptors (Lipinski definition) is 6. The highest BCUT2D eigenvalue weighted by Crippen LogP contribution is 2.32. The van der Waals surface area contributed by atoms with Gasteiger partial charge in [0.05, 0.1) is 35.8 Å². The molecule has 1 fully saturated rings. The van der Waals surface area contributed by atoms with Gasteiger partial charge in [0.2, 0.25) is 0 Å². The molecule has 10 heteroatoms. The number of allylic oxidation sites excluding steroid dienone is 1. The van der Waals surface area contributed by atoms with Crippen molar-refractivity contribution >= 4 is 44.5 Å². The van der Waals surface area contributed by atoms with Crippen molar-refractivity contribution in [1.29, 1.82) is 0 Å². The van der Waals surface area contributed by atoms with Crippen molar-refractivity contribution in [2.24, 2.45) is 10.9 Å². The molecule has 2 aliphatic heterocycles. The molecule has 1 N–H and O–H groups in total. The van der Waals surface area contributed by atoms with Crippen LogP contribution in [0.1, 0.15) is 49.7 Å². The van der Waals surface area contributed by atoms with Crippen LogP contribution in [0.4, 0.5) is 0 Å². The van der Waals surface area contributed by atoms with Crippen molar-refractivity contribution in [3.63, 3.8) is 0 Å². The molecule has 3 aromatic rings. The average Bonchev–Trinajstić information content (AvgIpc) is 3.25. The smallest absolute Gasteiger partial charge is 0.254 e. The lowest BCUT2D eigenvalue weighted by atomic mass is 9.95. The fourth-order valence-electron chi connectivity index (χ4n) is 5.03. The van der Waals surface area contributed by atoms with Crippen LogP contribution in [0, 0.1) is 5.92 Å². The van der Waals surface area contributed by atoms with Crippen LogP contribution < -0.4 is 5.32 Å². The summed E-state index contributed by atoms with van der Waals surface area (Å²) < 4.78 is 7.83. The second-order valence-corrected chi connectivity index (χ2v) is 11.2. The Hall–Kier alpha value is -3.21. The lowest BCUT2D eigenvalue weighted by molar-refractivity contribution is -0.120. The van der Waals surface area contributed by atoms with Crippen molar-refractivity contribution < 1.29 is 14.3 Å². The Morgan fingerprint density at radius 2 is 1.90 bits per heavy atom. The van der Waals surface area contributed by atoms with Crippen molar-refractivity contribution in [3.05, 3.63) is 57.7 Å². The van der Waals surface area contributed by atoms with E-state index in [1.54, 1.807) is 13.0 Å². The van der Waals surface area contributed by atoms with E-state index in [9.17, 15) is 9.59 Å². The number of morpholine rings is 1. The van der Waals surface area contributed by atoms with E-state index in [0.29, 0.717) is 32.6 Å². The SMILES string of the molecule is CC1=CC(C)=NC(=O)C1CNC(=O)c1cc(-c2ccc(CN3CCOCC3)cc2)nc2c1c(Br)nn2C(C)C. The third-order valence-electron chi connectivity index (χ3n) is 7.15. The number of nitrogens with zero attached hydrogens (tertiary/aromatic N) is 5. The van der Waals surface area contributed by atoms with E-state index in [1.807, 2.05) is 43.7 Å². The van der Waals surface area contributed by atoms with Crippen LogP contribution in [0.3, 0.4) is 0 Å². The highest BCUT2D eigenvalue weighted by molar-refractivity contribution is 9.10. The zero-order chi connectivity index (χ0) is 27.7. The lowest BCUT2D eigenvalue weighted by Gasteiger charge is -2.26. The van der Waals surface area contributed by atoms with E-state index >= 15 is 0 Å². The summed E-state index contributed by atoms with van der Waals surface area (Å²) in [6.07, 6.45) is 1.88. The first kappa shape index (κ1) is 27.4. The summed E-state index contributed by atoms with van der Waals surface area (Å²) >= 11 is 3.55. The van der Waals surface area contributed by atoms with E-state index in [2.05, 4.69) is 48.4 Å². The molecule has 1 unspecified atom stereocenters. The molecule has 5 rings (SSSR count). The molecule has 0 bridgehead atoms. The summed E-state index contributed by atoms with van der Waals surface area (Å²) in [5.41, 5.74) is 5.46. The van der Waals surface area contributed by atoms with Gasteiger partial charge in [-0.1, -0.05) is 29.8 Å². The van der Waals surface area contributed by atoms with Crippen LogP contribution in [-0.4, -0.2) is 70.0 Å². The molecule has 204 valence electrons. The van der Waals surface area contributed by atoms with E-state index in [4.69, 9.17) is 9.72 Å². The average molecular weight is 594 g/mol. The fraction of sp³-hybridized carbons (Fsp3) is 0.414. The summed E-state index contributed by atoms with van der Waals surface area (Å²) in [4.78, 5) is 37.5. The van der Waals surface area contributed by atoms with Gasteiger partial charge in [-0.15, -0.1) is 0 Å². The summed E-state index contributed by atoms with van der Waals surface area (Å²) in [5.74, 6) is -1.00. The largest absolute Gasteiger partial charge is 0.379 e. The third-order valence-corrected chi connectivity index (χ3v) is 7.71. The van der Waals surface area contributed by atoms with Gasteiger partial charge in [-0.05, 0) is 61.3 Å². The lowest BCUT2D eigenvalue weighted by Crippen LogP contribution is -2.35. The summed E-state index contributed by atoms with van der Waals surface area (Å²) in [7, 11) is 0. The van der Waals surface area contributed by atoms with E-state index in [1.165, 1.54) is 5.56 Å². The summed E-state index contributed by atoms with van der Waals surface area (Å²) in [5, 5.41) is 8.23. The molecule has 1 aromatic carbocycles. The Labute approximate surface area is 236 Å². The number of pyridine rings is 1. The molecular weight excluding hydrogens is 560 g/mol. The monoisotopic (exact) mass is 592 g/mol. The van der Waals surface area contributed by atoms with E-state index < -0.39 is 5.92 Å². The number of fused-ring (bicyclic) bond motifs is 1. The Kier molecular flexibility index (Phi) is 8.06. The minimum Gasteiger partial charge on any atom is -0.379 e. The number of amides is 2. The Morgan fingerprint density at radius 3 is 2.56 bits per heavy atom. The molecular formula is C29H33BrN6O3. The zero-order valence-electron chi connectivity index (χ0n) is 22.7. The first-order valence-electron chi connectivity index (χ1n) is 13.2. The molecule has 0 spiro atoms. The van der Waals surface area contributed by atoms with Gasteiger partial charge in [0.15, 0.2) is 5.65 Å². The molecule has 2 amide bonds. The van der Waals surface area contributed by atoms with Crippen molar-refractivity contribution in [3.8, 4) is 11.3 Å². The van der Waals surface area contributed by atoms with Gasteiger partial charge in [-0.3, -0.25) is 14.5 Å². The van der Waals surface area contributed by atoms with Crippen LogP contribution in [-0.2, 0) is 16.1 Å². The molecule has 2 aliphatic rings. The Morgan fingerprint density at radius 1 is 1.18 bits per heavy atom. The van der Waals surface area contributed by atoms with Crippen molar-refractivity contribution in [1.82, 2.24) is 25.0 Å². The second kappa shape index (κ2) is 11.5. The minimum absolute atomic E-state index is 0.0436. The first-order valence-corrected chi connectivity index (χ1v) is 14.0. The van der Waals surface area contributed by atoms with Gasteiger partial charge in [-0.25, -0.2) is 14.7 Å². The number of dihydropyridines is 1. The molecule has 1 saturated heterocycles. The molecule has 1 atom stereocenters. The number of benzene rings is 1. The normalized spacial score (nSPS) is 18.4. The van der Waals surface area contributed by atoms with Crippen LogP contribution in [0.5, 0.6) is 0 Å². The maximum Gasteiger partial charge on any atom is 0.254 e. The quantitative estimate of drug-likeness (QED) is 0.431. The zero-order valence-corrected chi connectivity index (χ0v) is 24.3. The van der Waals surface area contributed by atoms with Gasteiger partial charge in [-0.2, -0.15) is 5.10 Å². The predicted molar refractivity (Wildman–Crippen MR) is 155 cm³/mol. The van der Waals surface area contributed by atoms with E-state index in [-0.39, 0.29) is 24.4 Å². The molecule has 0 saturated carbocycles. The van der Waals surface area contributed by atoms with Crippen molar-refractivity contribution in [2.45, 2.75) is 40.3 Å². The fourth-order valence-corrected chi connectivity index (χ4v) is 5.59. The number of carbonyl (C=O) groups is 2. The van der Waals surface area contributed by atoms with Crippen LogP contribution in [0.25, 0.3) is 22.3 Å². The number of halogens is 1. The molecule has 39 heavy (non-hydrogen) atoms. The van der Waals surface area contributed by atoms with Gasteiger partial charge >= 0.3 is 0 Å². The van der Waals surface area contributed by atoms with Crippen molar-refractivity contribution in [2.75, 3.05) is 32.8 Å². The minimum atomic E-state index is -0.477. The maximum atomic E-state index is 13.6. The number of hydrogen-bond donors (Lipinski definition) is 1. The van der Waals surface area contributed by atoms with Crippen LogP contribution in [0.15, 0.2) is 51.6 Å². The molecule has 2 aromatic heterocycles. The highest BCUT2D eigenvalue weighted by atomic mass is 79.9. The second-order valence-electron chi connectivity index (χ2n) is 10.4. The number of aliphatic imine (C=N–C) groups is 1. The standard InChI is InChI=1S/C29H33BrN6O3/c1-17(2)36-27-25(26(30)34-36)22(28(37)31-15-23-18(3)13-19(4)32-29(23)38)14-24(33-27)21-7-5-20(6-8-21)16-35-9-11-39-12-10-35/h5-8,13-14,17,23H,9-12,15-16H2,1-4H3,(H,31,37). The summed E-state index contributed by atoms with van der Waals surface area (Å²) in [6, 6.07) is 10.2. The number of rotatable bonds is 7. The van der Waals surface area contributed by atoms with Gasteiger partial charge in [0.1, 0.15) is 4.60 Å². The molecule has 4 heterocycles. The van der Waals surface area contributed by atoms with Gasteiger partial charge in [0.25, 0.3) is 11.8 Å². The number of carbonyl (C=O) groups excluding carboxylic acids is 2. The maximum absolute atomic E-state index is 13.6. The highest BCUT2D eigenvalue weighted by Gasteiger charge is 2.26. The first-order chi connectivity index (χ1) is 18.7. The van der Waals surface area contributed by atoms with Gasteiger partial charge < -0.3 is 10.1 Å². The topological polar surface area (TPSA) is 102 Å². The molecule has 0 aliphatic carbocycles. The number of ether oxygens (including phenoxy) is 1. The van der Waals surface area contributed by atoms with Crippen LogP contribution >= 0.6 is 15.9 Å². The Balaban J connectivity index is 1.46. The molecule has 0 radical (unpaired) electrons. The van der Waals surface area contributed by atoms with Crippen LogP contribution in [0.2, 0.25) is 0 Å². The van der Waals surface area contributed by atoms with E-state index in [0.717, 1.165) is 44.0 Å². The molecule has 9 nitrogen and oxygen atoms in total. The third kappa shape index (κ3) is 5.88.